The molecule has 2 saturated heterocycles. The first kappa shape index (κ1) is 20.6. The Labute approximate surface area is 175 Å². The topological polar surface area (TPSA) is 66.6 Å². The maximum Gasteiger partial charge on any atom is 0.228 e. The lowest BCUT2D eigenvalue weighted by Crippen LogP contribution is -2.37. The summed E-state index contributed by atoms with van der Waals surface area (Å²) in [4.78, 5) is 28.9. The highest BCUT2D eigenvalue weighted by Gasteiger charge is 2.41. The van der Waals surface area contributed by atoms with Gasteiger partial charge in [0.25, 0.3) is 0 Å². The van der Waals surface area contributed by atoms with Crippen molar-refractivity contribution in [1.29, 1.82) is 0 Å². The van der Waals surface area contributed by atoms with Crippen LogP contribution in [0.5, 0.6) is 0 Å². The van der Waals surface area contributed by atoms with E-state index in [4.69, 9.17) is 17.3 Å². The number of nitrogens with zero attached hydrogens (tertiary/aromatic N) is 2. The summed E-state index contributed by atoms with van der Waals surface area (Å²) in [5.74, 6) is -0.193. The summed E-state index contributed by atoms with van der Waals surface area (Å²) in [6.07, 6.45) is 0.239. The molecule has 0 radical (unpaired) electrons. The van der Waals surface area contributed by atoms with Gasteiger partial charge in [-0.05, 0) is 29.8 Å². The van der Waals surface area contributed by atoms with E-state index in [0.717, 1.165) is 11.3 Å². The first-order chi connectivity index (χ1) is 13.0. The Morgan fingerprint density at radius 2 is 1.68 bits per heavy atom. The number of carbonyl (C=O) groups excluding carboxylic acids is 2. The molecule has 4 rings (SSSR count). The zero-order valence-electron chi connectivity index (χ0n) is 15.3. The van der Waals surface area contributed by atoms with Gasteiger partial charge in [-0.3, -0.25) is 9.59 Å². The van der Waals surface area contributed by atoms with E-state index in [9.17, 15) is 9.59 Å². The molecule has 2 aromatic carbocycles. The highest BCUT2D eigenvalue weighted by atomic mass is 35.5. The second kappa shape index (κ2) is 8.52. The predicted octanol–water partition coefficient (Wildman–Crippen LogP) is 3.07. The van der Waals surface area contributed by atoms with E-state index in [-0.39, 0.29) is 48.5 Å². The minimum atomic E-state index is -0.324. The Balaban J connectivity index is 0.00000225. The van der Waals surface area contributed by atoms with Gasteiger partial charge in [0, 0.05) is 48.7 Å². The standard InChI is InChI=1S/C21H22ClN3O2.ClH/c22-16-6-8-17(9-7-16)25-11-15(10-20(25)26)21(27)24-12-18(19(23)13-24)14-4-2-1-3-5-14;/h1-9,15,18-19H,10-13,23H2;1H/t15?,18-,19+;/m0./s1. The van der Waals surface area contributed by atoms with Crippen molar-refractivity contribution >= 4 is 41.5 Å². The quantitative estimate of drug-likeness (QED) is 0.830. The average molecular weight is 420 g/mol. The second-order valence-electron chi connectivity index (χ2n) is 7.31. The monoisotopic (exact) mass is 419 g/mol. The average Bonchev–Trinajstić information content (AvgIpc) is 3.26. The lowest BCUT2D eigenvalue weighted by Gasteiger charge is -2.21. The van der Waals surface area contributed by atoms with Gasteiger partial charge in [-0.25, -0.2) is 0 Å². The van der Waals surface area contributed by atoms with Gasteiger partial charge in [0.05, 0.1) is 5.92 Å². The summed E-state index contributed by atoms with van der Waals surface area (Å²) in [7, 11) is 0. The SMILES string of the molecule is Cl.N[C@@H]1CN(C(=O)C2CC(=O)N(c3ccc(Cl)cc3)C2)C[C@H]1c1ccccc1. The molecular formula is C21H23Cl2N3O2. The van der Waals surface area contributed by atoms with E-state index in [1.165, 1.54) is 0 Å². The highest BCUT2D eigenvalue weighted by molar-refractivity contribution is 6.30. The summed E-state index contributed by atoms with van der Waals surface area (Å²) < 4.78 is 0. The molecule has 2 aliphatic rings. The predicted molar refractivity (Wildman–Crippen MR) is 113 cm³/mol. The van der Waals surface area contributed by atoms with E-state index in [0.29, 0.717) is 24.7 Å². The molecular weight excluding hydrogens is 397 g/mol. The van der Waals surface area contributed by atoms with Gasteiger partial charge >= 0.3 is 0 Å². The maximum atomic E-state index is 13.0. The number of likely N-dealkylation sites (tertiary alicyclic amines) is 1. The van der Waals surface area contributed by atoms with Crippen LogP contribution in [0.4, 0.5) is 5.69 Å². The molecule has 148 valence electrons. The van der Waals surface area contributed by atoms with Crippen molar-refractivity contribution in [2.45, 2.75) is 18.4 Å². The number of anilines is 1. The smallest absolute Gasteiger partial charge is 0.228 e. The van der Waals surface area contributed by atoms with E-state index in [1.54, 1.807) is 17.0 Å². The molecule has 3 atom stereocenters. The van der Waals surface area contributed by atoms with Crippen LogP contribution >= 0.6 is 24.0 Å². The van der Waals surface area contributed by atoms with Gasteiger partial charge < -0.3 is 15.5 Å². The molecule has 2 heterocycles. The highest BCUT2D eigenvalue weighted by Crippen LogP contribution is 2.31. The molecule has 2 fully saturated rings. The number of halogens is 2. The van der Waals surface area contributed by atoms with Crippen molar-refractivity contribution in [1.82, 2.24) is 4.90 Å². The summed E-state index contributed by atoms with van der Waals surface area (Å²) in [6, 6.07) is 17.1. The minimum absolute atomic E-state index is 0. The molecule has 2 aliphatic heterocycles. The molecule has 5 nitrogen and oxygen atoms in total. The summed E-state index contributed by atoms with van der Waals surface area (Å²) in [5, 5.41) is 0.621. The first-order valence-corrected chi connectivity index (χ1v) is 9.56. The molecule has 1 unspecified atom stereocenters. The fourth-order valence-electron chi connectivity index (χ4n) is 4.06. The van der Waals surface area contributed by atoms with Gasteiger partial charge in [-0.1, -0.05) is 41.9 Å². The van der Waals surface area contributed by atoms with E-state index in [1.807, 2.05) is 35.2 Å². The van der Waals surface area contributed by atoms with Gasteiger partial charge in [0.15, 0.2) is 0 Å². The molecule has 7 heteroatoms. The molecule has 0 aliphatic carbocycles. The van der Waals surface area contributed by atoms with Crippen LogP contribution in [0.2, 0.25) is 5.02 Å². The molecule has 0 spiro atoms. The van der Waals surface area contributed by atoms with E-state index < -0.39 is 0 Å². The third kappa shape index (κ3) is 4.02. The van der Waals surface area contributed by atoms with Crippen molar-refractivity contribution in [3.8, 4) is 0 Å². The van der Waals surface area contributed by atoms with E-state index in [2.05, 4.69) is 12.1 Å². The van der Waals surface area contributed by atoms with Crippen LogP contribution in [0.25, 0.3) is 0 Å². The molecule has 2 N–H and O–H groups in total. The zero-order chi connectivity index (χ0) is 19.0. The second-order valence-corrected chi connectivity index (χ2v) is 7.74. The van der Waals surface area contributed by atoms with Crippen molar-refractivity contribution in [2.24, 2.45) is 11.7 Å². The van der Waals surface area contributed by atoms with Crippen LogP contribution in [0.15, 0.2) is 54.6 Å². The van der Waals surface area contributed by atoms with E-state index >= 15 is 0 Å². The first-order valence-electron chi connectivity index (χ1n) is 9.18. The summed E-state index contributed by atoms with van der Waals surface area (Å²) >= 11 is 5.92. The minimum Gasteiger partial charge on any atom is -0.340 e. The number of amides is 2. The molecule has 2 amide bonds. The number of hydrogen-bond acceptors (Lipinski definition) is 3. The molecule has 2 aromatic rings. The molecule has 28 heavy (non-hydrogen) atoms. The van der Waals surface area contributed by atoms with Crippen LogP contribution in [-0.2, 0) is 9.59 Å². The van der Waals surface area contributed by atoms with Crippen LogP contribution in [-0.4, -0.2) is 42.4 Å². The van der Waals surface area contributed by atoms with Crippen molar-refractivity contribution < 1.29 is 9.59 Å². The molecule has 0 saturated carbocycles. The number of rotatable bonds is 3. The number of benzene rings is 2. The fourth-order valence-corrected chi connectivity index (χ4v) is 4.19. The lowest BCUT2D eigenvalue weighted by molar-refractivity contribution is -0.134. The molecule has 0 aromatic heterocycles. The van der Waals surface area contributed by atoms with Gasteiger partial charge in [-0.2, -0.15) is 0 Å². The van der Waals surface area contributed by atoms with Crippen LogP contribution < -0.4 is 10.6 Å². The van der Waals surface area contributed by atoms with Crippen molar-refractivity contribution in [3.05, 3.63) is 65.2 Å². The zero-order valence-corrected chi connectivity index (χ0v) is 16.9. The summed E-state index contributed by atoms with van der Waals surface area (Å²) in [6.45, 7) is 1.54. The largest absolute Gasteiger partial charge is 0.340 e. The number of hydrogen-bond donors (Lipinski definition) is 1. The van der Waals surface area contributed by atoms with Gasteiger partial charge in [0.1, 0.15) is 0 Å². The van der Waals surface area contributed by atoms with Crippen molar-refractivity contribution in [3.63, 3.8) is 0 Å². The summed E-state index contributed by atoms with van der Waals surface area (Å²) in [5.41, 5.74) is 8.25. The maximum absolute atomic E-state index is 13.0. The van der Waals surface area contributed by atoms with Gasteiger partial charge in [0.2, 0.25) is 11.8 Å². The number of carbonyl (C=O) groups is 2. The number of nitrogens with two attached hydrogens (primary N) is 1. The Kier molecular flexibility index (Phi) is 6.28. The van der Waals surface area contributed by atoms with Gasteiger partial charge in [-0.15, -0.1) is 12.4 Å². The Hall–Kier alpha value is -2.08. The molecule has 0 bridgehead atoms. The third-order valence-electron chi connectivity index (χ3n) is 5.52. The van der Waals surface area contributed by atoms with Crippen LogP contribution in [0.3, 0.4) is 0 Å². The Bertz CT molecular complexity index is 844. The van der Waals surface area contributed by atoms with Crippen molar-refractivity contribution in [2.75, 3.05) is 24.5 Å². The lowest BCUT2D eigenvalue weighted by atomic mass is 9.95. The Morgan fingerprint density at radius 3 is 2.36 bits per heavy atom. The Morgan fingerprint density at radius 1 is 1.00 bits per heavy atom. The normalized spacial score (nSPS) is 24.4. The van der Waals surface area contributed by atoms with Crippen LogP contribution in [0.1, 0.15) is 17.9 Å². The van der Waals surface area contributed by atoms with Crippen LogP contribution in [0, 0.1) is 5.92 Å². The fraction of sp³-hybridized carbons (Fsp3) is 0.333. The third-order valence-corrected chi connectivity index (χ3v) is 5.77.